The number of para-hydroxylation sites is 1. The SMILES string of the molecule is O=C(c1ccccc1Cl)n1[nH]c(=O)c2c1C=C(c1c(=O)o[nH][n+]1-c1ccccc1)CC2c1ccc2c(c1)OCO2. The standard InChI is InChI=1S/C29H19ClN4O6/c30-21-9-5-4-8-19(21)28(36)34-22-13-17(26-29(37)40-32-33(26)18-6-2-1-3-7-18)12-20(25(22)27(35)31-34)16-10-11-23-24(14-16)39-15-38-23/h1-11,13-14,20H,12,15H2,(H-,31,32,35,37)/p+1. The molecule has 0 amide bonds. The van der Waals surface area contributed by atoms with Gasteiger partial charge in [0.1, 0.15) is 0 Å². The van der Waals surface area contributed by atoms with Crippen LogP contribution in [-0.2, 0) is 0 Å². The number of benzene rings is 3. The number of carbonyl (C=O) groups excluding carboxylic acids is 1. The van der Waals surface area contributed by atoms with Crippen LogP contribution in [0.15, 0.2) is 86.9 Å². The van der Waals surface area contributed by atoms with Crippen molar-refractivity contribution in [3.63, 3.8) is 0 Å². The Balaban J connectivity index is 1.45. The number of carbonyl (C=O) groups is 1. The van der Waals surface area contributed by atoms with Crippen molar-refractivity contribution in [1.29, 1.82) is 0 Å². The third kappa shape index (κ3) is 3.80. The molecule has 5 aromatic rings. The number of aromatic amines is 2. The van der Waals surface area contributed by atoms with Crippen molar-refractivity contribution >= 4 is 29.2 Å². The Morgan fingerprint density at radius 2 is 1.75 bits per heavy atom. The highest BCUT2D eigenvalue weighted by molar-refractivity contribution is 6.33. The van der Waals surface area contributed by atoms with Gasteiger partial charge in [0.25, 0.3) is 11.5 Å². The molecule has 0 saturated heterocycles. The van der Waals surface area contributed by atoms with Gasteiger partial charge >= 0.3 is 11.3 Å². The highest BCUT2D eigenvalue weighted by Crippen LogP contribution is 2.43. The van der Waals surface area contributed by atoms with Gasteiger partial charge in [-0.2, -0.15) is 0 Å². The van der Waals surface area contributed by atoms with Crippen LogP contribution in [0.25, 0.3) is 17.3 Å². The lowest BCUT2D eigenvalue weighted by atomic mass is 9.80. The van der Waals surface area contributed by atoms with E-state index in [1.54, 1.807) is 41.1 Å². The highest BCUT2D eigenvalue weighted by atomic mass is 35.5. The molecule has 11 heteroatoms. The van der Waals surface area contributed by atoms with Crippen molar-refractivity contribution in [2.24, 2.45) is 0 Å². The van der Waals surface area contributed by atoms with Crippen molar-refractivity contribution in [2.45, 2.75) is 12.3 Å². The Hall–Kier alpha value is -5.09. The molecule has 2 aliphatic rings. The molecule has 198 valence electrons. The van der Waals surface area contributed by atoms with Gasteiger partial charge in [-0.25, -0.2) is 9.48 Å². The van der Waals surface area contributed by atoms with Gasteiger partial charge in [-0.3, -0.25) is 19.2 Å². The number of hydrogen-bond acceptors (Lipinski definition) is 6. The van der Waals surface area contributed by atoms with E-state index in [1.165, 1.54) is 4.68 Å². The smallest absolute Gasteiger partial charge is 0.435 e. The molecule has 1 atom stereocenters. The zero-order valence-corrected chi connectivity index (χ0v) is 21.5. The summed E-state index contributed by atoms with van der Waals surface area (Å²) in [6.07, 6.45) is 1.94. The van der Waals surface area contributed by atoms with Gasteiger partial charge in [-0.15, -0.1) is 0 Å². The van der Waals surface area contributed by atoms with Crippen LogP contribution in [0.5, 0.6) is 11.5 Å². The average Bonchev–Trinajstić information content (AvgIpc) is 3.69. The number of hydrogen-bond donors (Lipinski definition) is 2. The molecule has 1 aliphatic carbocycles. The summed E-state index contributed by atoms with van der Waals surface area (Å²) in [4.78, 5) is 40.1. The molecule has 40 heavy (non-hydrogen) atoms. The predicted molar refractivity (Wildman–Crippen MR) is 144 cm³/mol. The monoisotopic (exact) mass is 555 g/mol. The summed E-state index contributed by atoms with van der Waals surface area (Å²) < 4.78 is 19.0. The quantitative estimate of drug-likeness (QED) is 0.324. The summed E-state index contributed by atoms with van der Waals surface area (Å²) in [5, 5.41) is 5.61. The maximum atomic E-state index is 13.6. The van der Waals surface area contributed by atoms with Crippen LogP contribution < -0.4 is 25.3 Å². The van der Waals surface area contributed by atoms with Gasteiger partial charge in [0.15, 0.2) is 11.5 Å². The molecular weight excluding hydrogens is 536 g/mol. The van der Waals surface area contributed by atoms with E-state index in [-0.39, 0.29) is 29.5 Å². The second-order valence-electron chi connectivity index (χ2n) is 9.40. The van der Waals surface area contributed by atoms with Crippen LogP contribution in [0.1, 0.15) is 45.2 Å². The molecule has 0 spiro atoms. The van der Waals surface area contributed by atoms with Gasteiger partial charge in [0.05, 0.1) is 21.8 Å². The number of halogens is 1. The number of H-pyrrole nitrogens is 2. The van der Waals surface area contributed by atoms with Gasteiger partial charge in [0, 0.05) is 23.6 Å². The third-order valence-electron chi connectivity index (χ3n) is 7.13. The first-order valence-electron chi connectivity index (χ1n) is 12.4. The number of rotatable bonds is 4. The largest absolute Gasteiger partial charge is 0.454 e. The lowest BCUT2D eigenvalue weighted by Crippen LogP contribution is -2.38. The van der Waals surface area contributed by atoms with Gasteiger partial charge in [-0.1, -0.05) is 48.0 Å². The van der Waals surface area contributed by atoms with Crippen molar-refractivity contribution in [1.82, 2.24) is 15.1 Å². The Morgan fingerprint density at radius 3 is 2.58 bits per heavy atom. The first kappa shape index (κ1) is 24.0. The number of fused-ring (bicyclic) bond motifs is 2. The summed E-state index contributed by atoms with van der Waals surface area (Å²) in [6, 6.07) is 21.2. The van der Waals surface area contributed by atoms with E-state index < -0.39 is 23.0 Å². The number of ether oxygens (including phenoxy) is 2. The van der Waals surface area contributed by atoms with Gasteiger partial charge in [0.2, 0.25) is 12.5 Å². The molecule has 3 heterocycles. The van der Waals surface area contributed by atoms with Crippen LogP contribution in [0.4, 0.5) is 0 Å². The molecule has 0 bridgehead atoms. The molecule has 10 nitrogen and oxygen atoms in total. The summed E-state index contributed by atoms with van der Waals surface area (Å²) in [7, 11) is 0. The van der Waals surface area contributed by atoms with Crippen LogP contribution in [0.3, 0.4) is 0 Å². The van der Waals surface area contributed by atoms with Gasteiger partial charge in [-0.05, 0) is 52.3 Å². The summed E-state index contributed by atoms with van der Waals surface area (Å²) in [5.74, 6) is 0.123. The lowest BCUT2D eigenvalue weighted by Gasteiger charge is -2.22. The zero-order valence-electron chi connectivity index (χ0n) is 20.7. The van der Waals surface area contributed by atoms with E-state index in [9.17, 15) is 14.4 Å². The number of aromatic nitrogens is 4. The van der Waals surface area contributed by atoms with Crippen molar-refractivity contribution in [3.8, 4) is 17.2 Å². The maximum absolute atomic E-state index is 13.6. The molecule has 1 aliphatic heterocycles. The second kappa shape index (κ2) is 9.28. The molecule has 0 fully saturated rings. The van der Waals surface area contributed by atoms with Crippen molar-refractivity contribution in [3.05, 3.63) is 127 Å². The molecular formula is C29H20ClN4O6+. The van der Waals surface area contributed by atoms with E-state index in [2.05, 4.69) is 10.4 Å². The van der Waals surface area contributed by atoms with E-state index in [1.807, 2.05) is 42.5 Å². The second-order valence-corrected chi connectivity index (χ2v) is 9.81. The zero-order chi connectivity index (χ0) is 27.4. The van der Waals surface area contributed by atoms with Crippen LogP contribution in [0.2, 0.25) is 5.02 Å². The molecule has 2 aromatic heterocycles. The topological polar surface area (TPSA) is 123 Å². The Bertz CT molecular complexity index is 1950. The minimum atomic E-state index is -0.593. The summed E-state index contributed by atoms with van der Waals surface area (Å²) >= 11 is 6.33. The van der Waals surface area contributed by atoms with Crippen molar-refractivity contribution in [2.75, 3.05) is 6.79 Å². The molecule has 3 aromatic carbocycles. The van der Waals surface area contributed by atoms with Crippen LogP contribution in [-0.4, -0.2) is 27.8 Å². The fourth-order valence-corrected chi connectivity index (χ4v) is 5.50. The van der Waals surface area contributed by atoms with Gasteiger partial charge < -0.3 is 9.47 Å². The van der Waals surface area contributed by atoms with Crippen LogP contribution in [0, 0.1) is 0 Å². The average molecular weight is 556 g/mol. The highest BCUT2D eigenvalue weighted by Gasteiger charge is 2.37. The molecule has 7 rings (SSSR count). The fraction of sp³-hybridized carbons (Fsp3) is 0.103. The Kier molecular flexibility index (Phi) is 5.56. The predicted octanol–water partition coefficient (Wildman–Crippen LogP) is 3.88. The minimum Gasteiger partial charge on any atom is -0.454 e. The van der Waals surface area contributed by atoms with E-state index in [0.29, 0.717) is 34.0 Å². The van der Waals surface area contributed by atoms with E-state index in [4.69, 9.17) is 25.6 Å². The van der Waals surface area contributed by atoms with E-state index in [0.717, 1.165) is 5.56 Å². The van der Waals surface area contributed by atoms with Crippen molar-refractivity contribution < 1.29 is 23.5 Å². The number of nitrogens with zero attached hydrogens (tertiary/aromatic N) is 2. The molecule has 0 radical (unpaired) electrons. The first-order valence-corrected chi connectivity index (χ1v) is 12.8. The Morgan fingerprint density at radius 1 is 0.975 bits per heavy atom. The fourth-order valence-electron chi connectivity index (χ4n) is 5.28. The minimum absolute atomic E-state index is 0.102. The first-order chi connectivity index (χ1) is 19.5. The maximum Gasteiger partial charge on any atom is 0.435 e. The van der Waals surface area contributed by atoms with E-state index >= 15 is 0 Å². The molecule has 2 N–H and O–H groups in total. The Labute approximate surface area is 230 Å². The summed E-state index contributed by atoms with van der Waals surface area (Å²) in [5.41, 5.74) is 2.15. The molecule has 0 saturated carbocycles. The van der Waals surface area contributed by atoms with Crippen LogP contribution >= 0.6 is 11.6 Å². The third-order valence-corrected chi connectivity index (χ3v) is 7.46. The number of allylic oxidation sites excluding steroid dienone is 1. The number of nitrogens with one attached hydrogen (secondary N) is 2. The summed E-state index contributed by atoms with van der Waals surface area (Å²) in [6.45, 7) is 0.102. The molecule has 1 unspecified atom stereocenters. The lowest BCUT2D eigenvalue weighted by molar-refractivity contribution is -0.672. The normalized spacial score (nSPS) is 15.5.